The van der Waals surface area contributed by atoms with Crippen molar-refractivity contribution >= 4 is 0 Å². The molecule has 0 heterocycles. The molecule has 0 radical (unpaired) electrons. The fourth-order valence-corrected chi connectivity index (χ4v) is 3.38. The van der Waals surface area contributed by atoms with Gasteiger partial charge in [-0.25, -0.2) is 0 Å². The third kappa shape index (κ3) is 1.26. The number of hydrogen-bond acceptors (Lipinski definition) is 1. The van der Waals surface area contributed by atoms with E-state index >= 15 is 0 Å². The van der Waals surface area contributed by atoms with Gasteiger partial charge in [-0.2, -0.15) is 0 Å². The molecular formula is C14H18O. The number of fused-ring (bicyclic) bond motifs is 2. The first kappa shape index (κ1) is 9.41. The van der Waals surface area contributed by atoms with Gasteiger partial charge < -0.3 is 5.11 Å². The smallest absolute Gasteiger partial charge is 0.0798 e. The summed E-state index contributed by atoms with van der Waals surface area (Å²) >= 11 is 0. The molecule has 2 aliphatic rings. The lowest BCUT2D eigenvalue weighted by atomic mass is 9.92. The number of aliphatic hydroxyl groups excluding tert-OH is 1. The van der Waals surface area contributed by atoms with Gasteiger partial charge in [-0.3, -0.25) is 0 Å². The second-order valence-corrected chi connectivity index (χ2v) is 4.83. The average molecular weight is 202 g/mol. The topological polar surface area (TPSA) is 20.2 Å². The zero-order chi connectivity index (χ0) is 10.4. The molecule has 1 aromatic carbocycles. The Hall–Kier alpha value is -0.820. The first-order chi connectivity index (χ1) is 7.31. The Kier molecular flexibility index (Phi) is 2.10. The molecule has 1 aromatic rings. The molecule has 2 aliphatic carbocycles. The molecule has 0 aliphatic heterocycles. The molecule has 3 rings (SSSR count). The van der Waals surface area contributed by atoms with Gasteiger partial charge in [-0.05, 0) is 66.3 Å². The third-order valence-electron chi connectivity index (χ3n) is 4.02. The monoisotopic (exact) mass is 202 g/mol. The summed E-state index contributed by atoms with van der Waals surface area (Å²) in [6.45, 7) is 2.22. The number of aryl methyl sites for hydroxylation is 2. The molecule has 0 saturated carbocycles. The highest BCUT2D eigenvalue weighted by Crippen LogP contribution is 2.39. The van der Waals surface area contributed by atoms with Crippen molar-refractivity contribution in [2.75, 3.05) is 0 Å². The van der Waals surface area contributed by atoms with E-state index in [-0.39, 0.29) is 6.10 Å². The molecule has 1 heteroatoms. The van der Waals surface area contributed by atoms with Crippen LogP contribution >= 0.6 is 0 Å². The lowest BCUT2D eigenvalue weighted by Gasteiger charge is -2.15. The molecule has 0 spiro atoms. The van der Waals surface area contributed by atoms with E-state index < -0.39 is 0 Å². The molecule has 1 N–H and O–H groups in total. The van der Waals surface area contributed by atoms with Crippen LogP contribution in [0.15, 0.2) is 6.07 Å². The highest BCUT2D eigenvalue weighted by molar-refractivity contribution is 5.51. The minimum absolute atomic E-state index is 0.180. The standard InChI is InChI=1S/C14H18O/c1-2-11-12-5-3-4-9(12)8-10-6-7-13(15)14(10)11/h8,13,15H,2-7H2,1H3/t13-/m0/s1. The van der Waals surface area contributed by atoms with Crippen molar-refractivity contribution in [2.45, 2.75) is 51.6 Å². The minimum atomic E-state index is -0.180. The summed E-state index contributed by atoms with van der Waals surface area (Å²) in [5.74, 6) is 0. The van der Waals surface area contributed by atoms with E-state index in [1.54, 1.807) is 11.1 Å². The lowest BCUT2D eigenvalue weighted by molar-refractivity contribution is 0.179. The Labute approximate surface area is 91.1 Å². The Bertz CT molecular complexity index is 406. The summed E-state index contributed by atoms with van der Waals surface area (Å²) in [6.07, 6.45) is 6.72. The highest BCUT2D eigenvalue weighted by Gasteiger charge is 2.27. The minimum Gasteiger partial charge on any atom is -0.388 e. The summed E-state index contributed by atoms with van der Waals surface area (Å²) < 4.78 is 0. The van der Waals surface area contributed by atoms with Gasteiger partial charge in [0.2, 0.25) is 0 Å². The van der Waals surface area contributed by atoms with Crippen molar-refractivity contribution in [3.8, 4) is 0 Å². The molecule has 0 bridgehead atoms. The van der Waals surface area contributed by atoms with Crippen molar-refractivity contribution in [3.05, 3.63) is 33.9 Å². The zero-order valence-electron chi connectivity index (χ0n) is 9.34. The van der Waals surface area contributed by atoms with E-state index in [2.05, 4.69) is 13.0 Å². The molecule has 1 atom stereocenters. The second-order valence-electron chi connectivity index (χ2n) is 4.83. The number of benzene rings is 1. The largest absolute Gasteiger partial charge is 0.388 e. The van der Waals surface area contributed by atoms with Gasteiger partial charge in [0.05, 0.1) is 6.10 Å². The maximum Gasteiger partial charge on any atom is 0.0798 e. The van der Waals surface area contributed by atoms with E-state index in [1.165, 1.54) is 36.0 Å². The van der Waals surface area contributed by atoms with E-state index in [4.69, 9.17) is 0 Å². The van der Waals surface area contributed by atoms with Gasteiger partial charge in [0.25, 0.3) is 0 Å². The molecule has 0 saturated heterocycles. The molecule has 0 fully saturated rings. The van der Waals surface area contributed by atoms with Crippen LogP contribution in [0.5, 0.6) is 0 Å². The van der Waals surface area contributed by atoms with Gasteiger partial charge >= 0.3 is 0 Å². The van der Waals surface area contributed by atoms with Gasteiger partial charge in [0, 0.05) is 0 Å². The van der Waals surface area contributed by atoms with Crippen LogP contribution in [0.25, 0.3) is 0 Å². The van der Waals surface area contributed by atoms with Crippen LogP contribution in [0.1, 0.15) is 53.7 Å². The van der Waals surface area contributed by atoms with Gasteiger partial charge in [0.1, 0.15) is 0 Å². The van der Waals surface area contributed by atoms with Crippen LogP contribution in [0, 0.1) is 0 Å². The van der Waals surface area contributed by atoms with Crippen LogP contribution in [0.2, 0.25) is 0 Å². The highest BCUT2D eigenvalue weighted by atomic mass is 16.3. The fraction of sp³-hybridized carbons (Fsp3) is 0.571. The normalized spacial score (nSPS) is 22.9. The van der Waals surface area contributed by atoms with E-state index in [0.717, 1.165) is 19.3 Å². The predicted octanol–water partition coefficient (Wildman–Crippen LogP) is 2.72. The molecule has 80 valence electrons. The van der Waals surface area contributed by atoms with Gasteiger partial charge in [-0.1, -0.05) is 13.0 Å². The van der Waals surface area contributed by atoms with Crippen molar-refractivity contribution in [1.29, 1.82) is 0 Å². The lowest BCUT2D eigenvalue weighted by Crippen LogP contribution is -2.02. The summed E-state index contributed by atoms with van der Waals surface area (Å²) in [6, 6.07) is 2.37. The Balaban J connectivity index is 2.24. The summed E-state index contributed by atoms with van der Waals surface area (Å²) in [5, 5.41) is 10.0. The first-order valence-electron chi connectivity index (χ1n) is 6.15. The van der Waals surface area contributed by atoms with Crippen molar-refractivity contribution in [3.63, 3.8) is 0 Å². The van der Waals surface area contributed by atoms with E-state index in [9.17, 15) is 5.11 Å². The SMILES string of the molecule is CCc1c2c(cc3c1[C@@H](O)CC3)CCC2. The van der Waals surface area contributed by atoms with Crippen LogP contribution < -0.4 is 0 Å². The number of hydrogen-bond donors (Lipinski definition) is 1. The van der Waals surface area contributed by atoms with Crippen molar-refractivity contribution in [1.82, 2.24) is 0 Å². The fourth-order valence-electron chi connectivity index (χ4n) is 3.38. The van der Waals surface area contributed by atoms with Crippen LogP contribution in [-0.4, -0.2) is 5.11 Å². The molecule has 0 aromatic heterocycles. The third-order valence-corrected chi connectivity index (χ3v) is 4.02. The molecule has 0 amide bonds. The summed E-state index contributed by atoms with van der Waals surface area (Å²) in [7, 11) is 0. The van der Waals surface area contributed by atoms with Crippen molar-refractivity contribution in [2.24, 2.45) is 0 Å². The first-order valence-corrected chi connectivity index (χ1v) is 6.15. The summed E-state index contributed by atoms with van der Waals surface area (Å²) in [5.41, 5.74) is 7.33. The molecule has 0 unspecified atom stereocenters. The summed E-state index contributed by atoms with van der Waals surface area (Å²) in [4.78, 5) is 0. The van der Waals surface area contributed by atoms with Crippen LogP contribution in [-0.2, 0) is 25.7 Å². The molecule has 15 heavy (non-hydrogen) atoms. The molecular weight excluding hydrogens is 184 g/mol. The zero-order valence-corrected chi connectivity index (χ0v) is 9.34. The van der Waals surface area contributed by atoms with Gasteiger partial charge in [0.15, 0.2) is 0 Å². The maximum absolute atomic E-state index is 10.0. The van der Waals surface area contributed by atoms with E-state index in [1.807, 2.05) is 0 Å². The van der Waals surface area contributed by atoms with Crippen LogP contribution in [0.3, 0.4) is 0 Å². The van der Waals surface area contributed by atoms with Crippen LogP contribution in [0.4, 0.5) is 0 Å². The van der Waals surface area contributed by atoms with Crippen molar-refractivity contribution < 1.29 is 5.11 Å². The average Bonchev–Trinajstić information content (AvgIpc) is 2.83. The Morgan fingerprint density at radius 3 is 2.93 bits per heavy atom. The molecule has 1 nitrogen and oxygen atoms in total. The number of rotatable bonds is 1. The Morgan fingerprint density at radius 2 is 2.13 bits per heavy atom. The second kappa shape index (κ2) is 3.34. The predicted molar refractivity (Wildman–Crippen MR) is 61.1 cm³/mol. The Morgan fingerprint density at radius 1 is 1.27 bits per heavy atom. The van der Waals surface area contributed by atoms with Gasteiger partial charge in [-0.15, -0.1) is 0 Å². The number of aliphatic hydroxyl groups is 1. The quantitative estimate of drug-likeness (QED) is 0.742. The van der Waals surface area contributed by atoms with E-state index in [0.29, 0.717) is 0 Å². The maximum atomic E-state index is 10.0.